The Morgan fingerprint density at radius 3 is 2.70 bits per heavy atom. The highest BCUT2D eigenvalue weighted by molar-refractivity contribution is 6.01. The normalized spacial score (nSPS) is 30.2. The summed E-state index contributed by atoms with van der Waals surface area (Å²) in [4.78, 5) is 46.3. The fourth-order valence-electron chi connectivity index (χ4n) is 4.67. The first-order valence-corrected chi connectivity index (χ1v) is 10.6. The summed E-state index contributed by atoms with van der Waals surface area (Å²) in [5.74, 6) is 0.194. The van der Waals surface area contributed by atoms with E-state index in [0.29, 0.717) is 43.9 Å². The Labute approximate surface area is 176 Å². The van der Waals surface area contributed by atoms with Crippen molar-refractivity contribution in [2.24, 2.45) is 0 Å². The Hall–Kier alpha value is -2.68. The van der Waals surface area contributed by atoms with E-state index in [2.05, 4.69) is 15.6 Å². The van der Waals surface area contributed by atoms with Gasteiger partial charge in [0.2, 0.25) is 11.8 Å². The second-order valence-electron chi connectivity index (χ2n) is 8.57. The van der Waals surface area contributed by atoms with E-state index in [1.807, 2.05) is 13.8 Å². The number of morpholine rings is 1. The van der Waals surface area contributed by atoms with Crippen molar-refractivity contribution in [3.8, 4) is 0 Å². The van der Waals surface area contributed by atoms with Gasteiger partial charge in [0, 0.05) is 38.7 Å². The first-order valence-electron chi connectivity index (χ1n) is 10.6. The van der Waals surface area contributed by atoms with E-state index in [1.54, 1.807) is 35.1 Å². The molecular formula is C21H29N5O4. The van der Waals surface area contributed by atoms with Gasteiger partial charge in [-0.05, 0) is 39.3 Å². The lowest BCUT2D eigenvalue weighted by atomic mass is 9.97. The number of hydrogen-bond donors (Lipinski definition) is 2. The van der Waals surface area contributed by atoms with Crippen molar-refractivity contribution < 1.29 is 19.1 Å². The van der Waals surface area contributed by atoms with Gasteiger partial charge >= 0.3 is 0 Å². The maximum Gasteiger partial charge on any atom is 0.256 e. The molecule has 3 aliphatic rings. The SMILES string of the molecule is CC1CN(C(=O)C(C)N2CCC3(CCC2=O)NC(=O)c2cccnc2N3)CC(C)O1. The predicted molar refractivity (Wildman–Crippen MR) is 110 cm³/mol. The smallest absolute Gasteiger partial charge is 0.256 e. The van der Waals surface area contributed by atoms with Crippen LogP contribution in [0.25, 0.3) is 0 Å². The number of anilines is 1. The number of pyridine rings is 1. The summed E-state index contributed by atoms with van der Waals surface area (Å²) in [5.41, 5.74) is -0.247. The van der Waals surface area contributed by atoms with Gasteiger partial charge < -0.3 is 25.2 Å². The molecule has 4 unspecified atom stereocenters. The maximum absolute atomic E-state index is 13.1. The number of aromatic nitrogens is 1. The van der Waals surface area contributed by atoms with Gasteiger partial charge in [-0.15, -0.1) is 0 Å². The molecule has 2 N–H and O–H groups in total. The van der Waals surface area contributed by atoms with Crippen molar-refractivity contribution >= 4 is 23.5 Å². The second-order valence-corrected chi connectivity index (χ2v) is 8.57. The summed E-state index contributed by atoms with van der Waals surface area (Å²) < 4.78 is 5.72. The van der Waals surface area contributed by atoms with Crippen molar-refractivity contribution in [1.82, 2.24) is 20.1 Å². The van der Waals surface area contributed by atoms with Crippen molar-refractivity contribution in [1.29, 1.82) is 0 Å². The van der Waals surface area contributed by atoms with E-state index >= 15 is 0 Å². The molecule has 0 aromatic carbocycles. The second kappa shape index (κ2) is 7.86. The zero-order chi connectivity index (χ0) is 21.5. The minimum absolute atomic E-state index is 0.0257. The number of hydrogen-bond acceptors (Lipinski definition) is 6. The van der Waals surface area contributed by atoms with E-state index in [9.17, 15) is 14.4 Å². The molecule has 4 heterocycles. The van der Waals surface area contributed by atoms with Crippen LogP contribution in [0.15, 0.2) is 18.3 Å². The minimum Gasteiger partial charge on any atom is -0.372 e. The largest absolute Gasteiger partial charge is 0.372 e. The summed E-state index contributed by atoms with van der Waals surface area (Å²) in [7, 11) is 0. The van der Waals surface area contributed by atoms with Crippen molar-refractivity contribution in [2.75, 3.05) is 25.0 Å². The third-order valence-electron chi connectivity index (χ3n) is 6.18. The summed E-state index contributed by atoms with van der Waals surface area (Å²) in [6.45, 7) is 7.11. The number of amides is 3. The Balaban J connectivity index is 1.48. The number of rotatable bonds is 2. The molecular weight excluding hydrogens is 386 g/mol. The Morgan fingerprint density at radius 1 is 1.23 bits per heavy atom. The highest BCUT2D eigenvalue weighted by Gasteiger charge is 2.43. The van der Waals surface area contributed by atoms with Gasteiger partial charge in [0.15, 0.2) is 0 Å². The first-order chi connectivity index (χ1) is 14.3. The van der Waals surface area contributed by atoms with Crippen molar-refractivity contribution in [3.05, 3.63) is 23.9 Å². The van der Waals surface area contributed by atoms with E-state index < -0.39 is 11.7 Å². The third kappa shape index (κ3) is 3.86. The van der Waals surface area contributed by atoms with Crippen LogP contribution in [0.5, 0.6) is 0 Å². The predicted octanol–water partition coefficient (Wildman–Crippen LogP) is 0.970. The van der Waals surface area contributed by atoms with Crippen LogP contribution in [0.1, 0.15) is 50.4 Å². The molecule has 1 aromatic heterocycles. The number of likely N-dealkylation sites (tertiary alicyclic amines) is 1. The molecule has 9 heteroatoms. The highest BCUT2D eigenvalue weighted by atomic mass is 16.5. The van der Waals surface area contributed by atoms with Crippen LogP contribution in [0.3, 0.4) is 0 Å². The molecule has 4 atom stereocenters. The molecule has 3 aliphatic heterocycles. The molecule has 9 nitrogen and oxygen atoms in total. The monoisotopic (exact) mass is 415 g/mol. The average Bonchev–Trinajstić information content (AvgIpc) is 2.85. The van der Waals surface area contributed by atoms with Gasteiger partial charge in [-0.2, -0.15) is 0 Å². The van der Waals surface area contributed by atoms with Crippen LogP contribution >= 0.6 is 0 Å². The molecule has 1 aromatic rings. The Kier molecular flexibility index (Phi) is 5.40. The number of nitrogens with zero attached hydrogens (tertiary/aromatic N) is 3. The summed E-state index contributed by atoms with van der Waals surface area (Å²) in [6.07, 6.45) is 2.76. The van der Waals surface area contributed by atoms with Gasteiger partial charge in [0.1, 0.15) is 17.5 Å². The van der Waals surface area contributed by atoms with Crippen LogP contribution in [-0.4, -0.2) is 76.1 Å². The van der Waals surface area contributed by atoms with Crippen LogP contribution < -0.4 is 10.6 Å². The van der Waals surface area contributed by atoms with Crippen LogP contribution in [-0.2, 0) is 14.3 Å². The quantitative estimate of drug-likeness (QED) is 0.746. The number of fused-ring (bicyclic) bond motifs is 1. The van der Waals surface area contributed by atoms with Gasteiger partial charge in [0.05, 0.1) is 17.8 Å². The van der Waals surface area contributed by atoms with Gasteiger partial charge in [-0.1, -0.05) is 0 Å². The molecule has 4 rings (SSSR count). The number of carbonyl (C=O) groups excluding carboxylic acids is 3. The molecule has 0 saturated carbocycles. The van der Waals surface area contributed by atoms with Crippen LogP contribution in [0.4, 0.5) is 5.82 Å². The third-order valence-corrected chi connectivity index (χ3v) is 6.18. The van der Waals surface area contributed by atoms with E-state index in [-0.39, 0.29) is 36.4 Å². The zero-order valence-electron chi connectivity index (χ0n) is 17.7. The van der Waals surface area contributed by atoms with E-state index in [0.717, 1.165) is 0 Å². The molecule has 2 saturated heterocycles. The summed E-state index contributed by atoms with van der Waals surface area (Å²) in [5, 5.41) is 6.36. The Bertz CT molecular complexity index is 852. The molecule has 0 radical (unpaired) electrons. The lowest BCUT2D eigenvalue weighted by molar-refractivity contribution is -0.152. The van der Waals surface area contributed by atoms with Gasteiger partial charge in [-0.3, -0.25) is 14.4 Å². The topological polar surface area (TPSA) is 104 Å². The molecule has 1 spiro atoms. The fraction of sp³-hybridized carbons (Fsp3) is 0.619. The van der Waals surface area contributed by atoms with Gasteiger partial charge in [-0.25, -0.2) is 4.98 Å². The minimum atomic E-state index is -0.742. The highest BCUT2D eigenvalue weighted by Crippen LogP contribution is 2.31. The van der Waals surface area contributed by atoms with E-state index in [1.165, 1.54) is 0 Å². The lowest BCUT2D eigenvalue weighted by Gasteiger charge is -2.40. The van der Waals surface area contributed by atoms with Gasteiger partial charge in [0.25, 0.3) is 5.91 Å². The van der Waals surface area contributed by atoms with Crippen molar-refractivity contribution in [3.63, 3.8) is 0 Å². The molecule has 0 bridgehead atoms. The summed E-state index contributed by atoms with van der Waals surface area (Å²) in [6, 6.07) is 2.88. The zero-order valence-corrected chi connectivity index (χ0v) is 17.7. The molecule has 162 valence electrons. The average molecular weight is 415 g/mol. The molecule has 3 amide bonds. The first kappa shape index (κ1) is 20.6. The van der Waals surface area contributed by atoms with E-state index in [4.69, 9.17) is 4.74 Å². The molecule has 2 fully saturated rings. The molecule has 0 aliphatic carbocycles. The standard InChI is InChI=1S/C21H29N5O4/c1-13-11-25(12-14(2)30-13)20(29)15(3)26-10-8-21(7-6-17(26)27)23-18-16(19(28)24-21)5-4-9-22-18/h4-5,9,13-15H,6-8,10-12H2,1-3H3,(H,22,23)(H,24,28). The number of ether oxygens (including phenoxy) is 1. The Morgan fingerprint density at radius 2 is 1.97 bits per heavy atom. The van der Waals surface area contributed by atoms with Crippen LogP contribution in [0.2, 0.25) is 0 Å². The number of carbonyl (C=O) groups is 3. The molecule has 30 heavy (non-hydrogen) atoms. The maximum atomic E-state index is 13.1. The fourth-order valence-corrected chi connectivity index (χ4v) is 4.67. The number of nitrogens with one attached hydrogen (secondary N) is 2. The van der Waals surface area contributed by atoms with Crippen molar-refractivity contribution in [2.45, 2.75) is 63.9 Å². The lowest BCUT2D eigenvalue weighted by Crippen LogP contribution is -2.58. The summed E-state index contributed by atoms with van der Waals surface area (Å²) >= 11 is 0. The van der Waals surface area contributed by atoms with Crippen LogP contribution in [0, 0.1) is 0 Å².